The van der Waals surface area contributed by atoms with Crippen LogP contribution in [0.15, 0.2) is 36.4 Å². The number of esters is 1. The van der Waals surface area contributed by atoms with Crippen molar-refractivity contribution in [1.82, 2.24) is 0 Å². The minimum atomic E-state index is -0.719. The summed E-state index contributed by atoms with van der Waals surface area (Å²) >= 11 is 0. The van der Waals surface area contributed by atoms with Crippen LogP contribution in [0.2, 0.25) is 0 Å². The molecule has 0 heterocycles. The van der Waals surface area contributed by atoms with E-state index in [1.54, 1.807) is 18.2 Å². The fraction of sp³-hybridized carbons (Fsp3) is 0.438. The van der Waals surface area contributed by atoms with Crippen LogP contribution in [-0.2, 0) is 9.53 Å². The number of rotatable bonds is 5. The molecule has 1 aromatic carbocycles. The lowest BCUT2D eigenvalue weighted by Gasteiger charge is -2.25. The van der Waals surface area contributed by atoms with Gasteiger partial charge in [0, 0.05) is 11.6 Å². The first-order valence-corrected chi connectivity index (χ1v) is 6.68. The number of ether oxygens (including phenoxy) is 1. The molecule has 0 saturated heterocycles. The van der Waals surface area contributed by atoms with Gasteiger partial charge in [-0.05, 0) is 11.8 Å². The number of methoxy groups -OCH3 is 1. The molecular formula is C16H21NO4. The fourth-order valence-corrected chi connectivity index (χ4v) is 1.96. The van der Waals surface area contributed by atoms with Crippen LogP contribution in [0.5, 0.6) is 0 Å². The van der Waals surface area contributed by atoms with E-state index in [1.807, 2.05) is 20.8 Å². The third kappa shape index (κ3) is 4.15. The molecular weight excluding hydrogens is 270 g/mol. The molecule has 0 amide bonds. The molecule has 1 rings (SSSR count). The van der Waals surface area contributed by atoms with E-state index in [-0.39, 0.29) is 11.1 Å². The van der Waals surface area contributed by atoms with Crippen molar-refractivity contribution < 1.29 is 14.5 Å². The summed E-state index contributed by atoms with van der Waals surface area (Å²) in [6.07, 6.45) is 0.320. The number of benzene rings is 1. The zero-order valence-corrected chi connectivity index (χ0v) is 12.9. The molecule has 0 radical (unpaired) electrons. The minimum Gasteiger partial charge on any atom is -0.469 e. The van der Waals surface area contributed by atoms with Crippen molar-refractivity contribution in [2.45, 2.75) is 33.1 Å². The maximum Gasteiger partial charge on any atom is 0.313 e. The Kier molecular flexibility index (Phi) is 5.24. The third-order valence-electron chi connectivity index (χ3n) is 3.51. The second-order valence-electron chi connectivity index (χ2n) is 5.95. The number of hydrogen-bond donors (Lipinski definition) is 0. The lowest BCUT2D eigenvalue weighted by Crippen LogP contribution is -2.20. The first kappa shape index (κ1) is 16.9. The van der Waals surface area contributed by atoms with E-state index in [4.69, 9.17) is 4.74 Å². The van der Waals surface area contributed by atoms with Gasteiger partial charge in [0.2, 0.25) is 0 Å². The summed E-state index contributed by atoms with van der Waals surface area (Å²) in [6.45, 7) is 9.97. The van der Waals surface area contributed by atoms with E-state index in [9.17, 15) is 14.9 Å². The highest BCUT2D eigenvalue weighted by molar-refractivity contribution is 5.80. The third-order valence-corrected chi connectivity index (χ3v) is 3.51. The smallest absolute Gasteiger partial charge is 0.313 e. The maximum absolute atomic E-state index is 12.1. The second-order valence-corrected chi connectivity index (χ2v) is 5.95. The maximum atomic E-state index is 12.1. The number of carbonyl (C=O) groups excluding carboxylic acids is 1. The number of nitrogens with zero attached hydrogens (tertiary/aromatic N) is 1. The summed E-state index contributed by atoms with van der Waals surface area (Å²) in [5.74, 6) is -1.21. The Hall–Kier alpha value is -2.17. The second kappa shape index (κ2) is 6.52. The molecule has 0 unspecified atom stereocenters. The van der Waals surface area contributed by atoms with E-state index in [1.165, 1.54) is 13.2 Å². The van der Waals surface area contributed by atoms with Crippen LogP contribution in [0.4, 0.5) is 5.69 Å². The number of nitro benzene ring substituents is 1. The van der Waals surface area contributed by atoms with Gasteiger partial charge in [-0.2, -0.15) is 0 Å². The first-order chi connectivity index (χ1) is 9.68. The Morgan fingerprint density at radius 1 is 1.38 bits per heavy atom. The van der Waals surface area contributed by atoms with Crippen molar-refractivity contribution in [3.05, 3.63) is 52.1 Å². The molecule has 5 heteroatoms. The van der Waals surface area contributed by atoms with Crippen molar-refractivity contribution in [3.63, 3.8) is 0 Å². The van der Waals surface area contributed by atoms with Crippen LogP contribution in [0.3, 0.4) is 0 Å². The molecule has 1 aromatic rings. The molecule has 0 saturated carbocycles. The molecule has 0 bridgehead atoms. The van der Waals surface area contributed by atoms with Gasteiger partial charge in [0.1, 0.15) is 0 Å². The predicted molar refractivity (Wildman–Crippen MR) is 81.1 cm³/mol. The Morgan fingerprint density at radius 2 is 1.95 bits per heavy atom. The molecule has 1 atom stereocenters. The Labute approximate surface area is 124 Å². The van der Waals surface area contributed by atoms with E-state index in [0.29, 0.717) is 12.0 Å². The van der Waals surface area contributed by atoms with Crippen molar-refractivity contribution in [3.8, 4) is 0 Å². The van der Waals surface area contributed by atoms with Gasteiger partial charge in [0.25, 0.3) is 5.69 Å². The van der Waals surface area contributed by atoms with Gasteiger partial charge in [0.05, 0.1) is 18.0 Å². The van der Waals surface area contributed by atoms with Gasteiger partial charge < -0.3 is 4.74 Å². The topological polar surface area (TPSA) is 69.4 Å². The summed E-state index contributed by atoms with van der Waals surface area (Å²) in [5, 5.41) is 11.2. The molecule has 0 aliphatic carbocycles. The lowest BCUT2D eigenvalue weighted by atomic mass is 9.80. The number of nitro groups is 1. The fourth-order valence-electron chi connectivity index (χ4n) is 1.96. The zero-order chi connectivity index (χ0) is 16.2. The molecule has 114 valence electrons. The van der Waals surface area contributed by atoms with Crippen LogP contribution in [0.1, 0.15) is 38.7 Å². The van der Waals surface area contributed by atoms with E-state index in [2.05, 4.69) is 6.58 Å². The predicted octanol–water partition coefficient (Wildman–Crippen LogP) is 3.84. The average molecular weight is 291 g/mol. The van der Waals surface area contributed by atoms with Gasteiger partial charge in [-0.3, -0.25) is 14.9 Å². The van der Waals surface area contributed by atoms with Crippen LogP contribution >= 0.6 is 0 Å². The van der Waals surface area contributed by atoms with Crippen molar-refractivity contribution in [2.24, 2.45) is 5.41 Å². The average Bonchev–Trinajstić information content (AvgIpc) is 2.42. The van der Waals surface area contributed by atoms with E-state index >= 15 is 0 Å². The first-order valence-electron chi connectivity index (χ1n) is 6.68. The van der Waals surface area contributed by atoms with Crippen LogP contribution < -0.4 is 0 Å². The van der Waals surface area contributed by atoms with Gasteiger partial charge in [-0.15, -0.1) is 0 Å². The number of hydrogen-bond acceptors (Lipinski definition) is 4. The highest BCUT2D eigenvalue weighted by Crippen LogP contribution is 2.36. The van der Waals surface area contributed by atoms with Crippen molar-refractivity contribution >= 4 is 11.7 Å². The number of allylic oxidation sites excluding steroid dienone is 1. The van der Waals surface area contributed by atoms with Crippen molar-refractivity contribution in [1.29, 1.82) is 0 Å². The van der Waals surface area contributed by atoms with Gasteiger partial charge in [-0.25, -0.2) is 0 Å². The largest absolute Gasteiger partial charge is 0.469 e. The molecule has 0 N–H and O–H groups in total. The molecule has 21 heavy (non-hydrogen) atoms. The highest BCUT2D eigenvalue weighted by Gasteiger charge is 2.31. The molecule has 0 aliphatic rings. The highest BCUT2D eigenvalue weighted by atomic mass is 16.6. The van der Waals surface area contributed by atoms with Gasteiger partial charge in [-0.1, -0.05) is 51.1 Å². The standard InChI is InChI=1S/C16H21NO4/c1-11(16(2,3)4)10-13(15(18)21-5)12-8-6-7-9-14(12)17(19)20/h6-9,13H,1,10H2,2-5H3/t13-/m0/s1. The molecule has 0 fully saturated rings. The minimum absolute atomic E-state index is 0.0744. The van der Waals surface area contributed by atoms with E-state index < -0.39 is 16.8 Å². The van der Waals surface area contributed by atoms with Crippen molar-refractivity contribution in [2.75, 3.05) is 7.11 Å². The van der Waals surface area contributed by atoms with Crippen LogP contribution in [-0.4, -0.2) is 18.0 Å². The van der Waals surface area contributed by atoms with Gasteiger partial charge in [0.15, 0.2) is 0 Å². The summed E-state index contributed by atoms with van der Waals surface area (Å²) in [5.41, 5.74) is 0.945. The SMILES string of the molecule is C=C(C[C@H](C(=O)OC)c1ccccc1[N+](=O)[O-])C(C)(C)C. The summed E-state index contributed by atoms with van der Waals surface area (Å²) in [4.78, 5) is 22.7. The van der Waals surface area contributed by atoms with E-state index in [0.717, 1.165) is 5.57 Å². The lowest BCUT2D eigenvalue weighted by molar-refractivity contribution is -0.385. The molecule has 5 nitrogen and oxygen atoms in total. The molecule has 0 aromatic heterocycles. The molecule has 0 aliphatic heterocycles. The normalized spacial score (nSPS) is 12.6. The summed E-state index contributed by atoms with van der Waals surface area (Å²) < 4.78 is 4.81. The van der Waals surface area contributed by atoms with Crippen LogP contribution in [0.25, 0.3) is 0 Å². The van der Waals surface area contributed by atoms with Gasteiger partial charge >= 0.3 is 5.97 Å². The number of carbonyl (C=O) groups is 1. The van der Waals surface area contributed by atoms with Crippen LogP contribution in [0, 0.1) is 15.5 Å². The monoisotopic (exact) mass is 291 g/mol. The Balaban J connectivity index is 3.25. The zero-order valence-electron chi connectivity index (χ0n) is 12.9. The number of para-hydroxylation sites is 1. The Bertz CT molecular complexity index is 558. The Morgan fingerprint density at radius 3 is 2.43 bits per heavy atom. The summed E-state index contributed by atoms with van der Waals surface area (Å²) in [6, 6.07) is 6.24. The quantitative estimate of drug-likeness (QED) is 0.357. The molecule has 0 spiro atoms. The summed E-state index contributed by atoms with van der Waals surface area (Å²) in [7, 11) is 1.28.